The molecule has 31 heavy (non-hydrogen) atoms. The molecule has 7 nitrogen and oxygen atoms in total. The number of carbonyl (C=O) groups is 1. The van der Waals surface area contributed by atoms with Crippen LogP contribution in [0.2, 0.25) is 0 Å². The number of thioether (sulfide) groups is 1. The lowest BCUT2D eigenvalue weighted by Crippen LogP contribution is -2.42. The summed E-state index contributed by atoms with van der Waals surface area (Å²) in [5.41, 5.74) is 3.86. The summed E-state index contributed by atoms with van der Waals surface area (Å²) in [4.78, 5) is 17.1. The van der Waals surface area contributed by atoms with Crippen molar-refractivity contribution < 1.29 is 14.3 Å². The van der Waals surface area contributed by atoms with Crippen LogP contribution in [0, 0.1) is 0 Å². The van der Waals surface area contributed by atoms with Gasteiger partial charge in [-0.2, -0.15) is 0 Å². The van der Waals surface area contributed by atoms with Gasteiger partial charge < -0.3 is 14.8 Å². The van der Waals surface area contributed by atoms with Gasteiger partial charge in [0.2, 0.25) is 11.1 Å². The molecular formula is C23H24N4O3S. The van der Waals surface area contributed by atoms with E-state index < -0.39 is 0 Å². The van der Waals surface area contributed by atoms with E-state index in [0.29, 0.717) is 24.1 Å². The average Bonchev–Trinajstić information content (AvgIpc) is 3.46. The number of fused-ring (bicyclic) bond motifs is 2. The van der Waals surface area contributed by atoms with Gasteiger partial charge in [0, 0.05) is 5.56 Å². The minimum atomic E-state index is -0.333. The quantitative estimate of drug-likeness (QED) is 0.576. The maximum Gasteiger partial charge on any atom is 0.233 e. The van der Waals surface area contributed by atoms with Gasteiger partial charge in [0.15, 0.2) is 17.3 Å². The predicted molar refractivity (Wildman–Crippen MR) is 119 cm³/mol. The zero-order chi connectivity index (χ0) is 21.2. The number of aryl methyl sites for hydroxylation is 2. The van der Waals surface area contributed by atoms with E-state index in [1.165, 1.54) is 29.3 Å². The summed E-state index contributed by atoms with van der Waals surface area (Å²) >= 11 is 1.33. The van der Waals surface area contributed by atoms with Gasteiger partial charge in [-0.25, -0.2) is 4.98 Å². The van der Waals surface area contributed by atoms with E-state index in [-0.39, 0.29) is 17.3 Å². The molecule has 0 fully saturated rings. The second-order valence-corrected chi connectivity index (χ2v) is 9.11. The Hall–Kier alpha value is -3.00. The Morgan fingerprint density at radius 2 is 2.06 bits per heavy atom. The number of amides is 1. The number of nitrogens with zero attached hydrogens (tertiary/aromatic N) is 2. The molecule has 1 aliphatic heterocycles. The Labute approximate surface area is 184 Å². The Kier molecular flexibility index (Phi) is 5.55. The molecule has 160 valence electrons. The lowest BCUT2D eigenvalue weighted by Gasteiger charge is -2.26. The standard InChI is InChI=1S/C23H24N4O3S/c1-14(22(28)24-12-18-13-29-19-7-2-3-8-20(19)30-18)31-23-25-21(26-27-23)17-10-9-15-5-4-6-16(15)11-17/h2-3,7-11,14,18H,4-6,12-13H2,1H3,(H,24,28)(H,25,26,27). The number of aromatic nitrogens is 3. The summed E-state index contributed by atoms with van der Waals surface area (Å²) in [6, 6.07) is 14.0. The molecule has 2 heterocycles. The first kappa shape index (κ1) is 19.9. The van der Waals surface area contributed by atoms with Crippen molar-refractivity contribution in [3.8, 4) is 22.9 Å². The smallest absolute Gasteiger partial charge is 0.233 e. The number of rotatable bonds is 6. The van der Waals surface area contributed by atoms with E-state index in [9.17, 15) is 4.79 Å². The Bertz CT molecular complexity index is 1100. The Morgan fingerprint density at radius 3 is 2.97 bits per heavy atom. The number of ether oxygens (including phenoxy) is 2. The largest absolute Gasteiger partial charge is 0.486 e. The van der Waals surface area contributed by atoms with Crippen molar-refractivity contribution in [3.05, 3.63) is 53.6 Å². The van der Waals surface area contributed by atoms with Gasteiger partial charge in [-0.15, -0.1) is 5.10 Å². The lowest BCUT2D eigenvalue weighted by molar-refractivity contribution is -0.120. The number of aromatic amines is 1. The van der Waals surface area contributed by atoms with E-state index in [2.05, 4.69) is 38.7 Å². The molecule has 2 aliphatic rings. The van der Waals surface area contributed by atoms with Gasteiger partial charge in [-0.3, -0.25) is 9.89 Å². The average molecular weight is 437 g/mol. The highest BCUT2D eigenvalue weighted by atomic mass is 32.2. The molecule has 0 bridgehead atoms. The van der Waals surface area contributed by atoms with Crippen molar-refractivity contribution in [2.24, 2.45) is 0 Å². The second kappa shape index (κ2) is 8.63. The minimum Gasteiger partial charge on any atom is -0.486 e. The van der Waals surface area contributed by atoms with Gasteiger partial charge in [0.25, 0.3) is 0 Å². The number of para-hydroxylation sites is 2. The van der Waals surface area contributed by atoms with Gasteiger partial charge in [-0.05, 0) is 55.5 Å². The molecule has 3 aromatic rings. The summed E-state index contributed by atoms with van der Waals surface area (Å²) < 4.78 is 11.6. The molecule has 2 atom stereocenters. The minimum absolute atomic E-state index is 0.0867. The fourth-order valence-electron chi connectivity index (χ4n) is 3.88. The van der Waals surface area contributed by atoms with Crippen LogP contribution in [0.15, 0.2) is 47.6 Å². The summed E-state index contributed by atoms with van der Waals surface area (Å²) in [6.45, 7) is 2.63. The molecule has 0 saturated carbocycles. The van der Waals surface area contributed by atoms with Crippen molar-refractivity contribution in [2.45, 2.75) is 42.7 Å². The number of hydrogen-bond donors (Lipinski definition) is 2. The first-order valence-corrected chi connectivity index (χ1v) is 11.4. The number of H-pyrrole nitrogens is 1. The van der Waals surface area contributed by atoms with Crippen LogP contribution >= 0.6 is 11.8 Å². The molecule has 0 spiro atoms. The van der Waals surface area contributed by atoms with Crippen LogP contribution in [0.5, 0.6) is 11.5 Å². The monoisotopic (exact) mass is 436 g/mol. The summed E-state index contributed by atoms with van der Waals surface area (Å²) in [6.07, 6.45) is 3.28. The van der Waals surface area contributed by atoms with Crippen LogP contribution in [0.3, 0.4) is 0 Å². The van der Waals surface area contributed by atoms with Crippen molar-refractivity contribution in [2.75, 3.05) is 13.2 Å². The molecule has 1 amide bonds. The van der Waals surface area contributed by atoms with Crippen LogP contribution < -0.4 is 14.8 Å². The zero-order valence-corrected chi connectivity index (χ0v) is 18.1. The maximum atomic E-state index is 12.5. The summed E-state index contributed by atoms with van der Waals surface area (Å²) in [5.74, 6) is 2.08. The summed E-state index contributed by atoms with van der Waals surface area (Å²) in [5, 5.41) is 10.5. The van der Waals surface area contributed by atoms with E-state index in [0.717, 1.165) is 30.0 Å². The Morgan fingerprint density at radius 1 is 1.23 bits per heavy atom. The highest BCUT2D eigenvalue weighted by Crippen LogP contribution is 2.31. The van der Waals surface area contributed by atoms with Gasteiger partial charge >= 0.3 is 0 Å². The van der Waals surface area contributed by atoms with Gasteiger partial charge in [0.05, 0.1) is 11.8 Å². The van der Waals surface area contributed by atoms with E-state index in [4.69, 9.17) is 9.47 Å². The molecule has 8 heteroatoms. The van der Waals surface area contributed by atoms with Crippen LogP contribution in [0.25, 0.3) is 11.4 Å². The normalized spacial score (nSPS) is 17.8. The molecule has 1 aliphatic carbocycles. The third-order valence-electron chi connectivity index (χ3n) is 5.56. The SMILES string of the molecule is CC(Sc1n[nH]c(-c2ccc3c(c2)CCC3)n1)C(=O)NCC1COc2ccccc2O1. The van der Waals surface area contributed by atoms with Gasteiger partial charge in [0.1, 0.15) is 12.7 Å². The van der Waals surface area contributed by atoms with E-state index in [1.807, 2.05) is 31.2 Å². The van der Waals surface area contributed by atoms with Crippen LogP contribution in [-0.4, -0.2) is 45.6 Å². The van der Waals surface area contributed by atoms with Crippen LogP contribution in [0.1, 0.15) is 24.5 Å². The highest BCUT2D eigenvalue weighted by molar-refractivity contribution is 8.00. The molecule has 2 unspecified atom stereocenters. The van der Waals surface area contributed by atoms with E-state index in [1.54, 1.807) is 0 Å². The molecule has 5 rings (SSSR count). The Balaban J connectivity index is 1.14. The molecule has 2 aromatic carbocycles. The fraction of sp³-hybridized carbons (Fsp3) is 0.348. The number of benzene rings is 2. The molecule has 0 radical (unpaired) electrons. The number of carbonyl (C=O) groups excluding carboxylic acids is 1. The van der Waals surface area contributed by atoms with Crippen LogP contribution in [0.4, 0.5) is 0 Å². The van der Waals surface area contributed by atoms with Crippen molar-refractivity contribution in [1.29, 1.82) is 0 Å². The third kappa shape index (κ3) is 4.39. The van der Waals surface area contributed by atoms with Crippen molar-refractivity contribution in [1.82, 2.24) is 20.5 Å². The highest BCUT2D eigenvalue weighted by Gasteiger charge is 2.23. The maximum absolute atomic E-state index is 12.5. The molecule has 0 saturated heterocycles. The lowest BCUT2D eigenvalue weighted by atomic mass is 10.1. The number of hydrogen-bond acceptors (Lipinski definition) is 6. The van der Waals surface area contributed by atoms with Crippen molar-refractivity contribution in [3.63, 3.8) is 0 Å². The fourth-order valence-corrected chi connectivity index (χ4v) is 4.63. The molecule has 1 aromatic heterocycles. The predicted octanol–water partition coefficient (Wildman–Crippen LogP) is 3.40. The van der Waals surface area contributed by atoms with Gasteiger partial charge in [-0.1, -0.05) is 36.0 Å². The molecular weight excluding hydrogens is 412 g/mol. The number of nitrogens with one attached hydrogen (secondary N) is 2. The first-order chi connectivity index (χ1) is 15.2. The second-order valence-electron chi connectivity index (χ2n) is 7.81. The molecule has 2 N–H and O–H groups in total. The topological polar surface area (TPSA) is 89.1 Å². The van der Waals surface area contributed by atoms with Crippen molar-refractivity contribution >= 4 is 17.7 Å². The van der Waals surface area contributed by atoms with E-state index >= 15 is 0 Å². The van der Waals surface area contributed by atoms with Crippen LogP contribution in [-0.2, 0) is 17.6 Å². The zero-order valence-electron chi connectivity index (χ0n) is 17.3. The summed E-state index contributed by atoms with van der Waals surface area (Å²) in [7, 11) is 0. The first-order valence-electron chi connectivity index (χ1n) is 10.5. The third-order valence-corrected chi connectivity index (χ3v) is 6.52.